The topological polar surface area (TPSA) is 60.5 Å². The third kappa shape index (κ3) is 5.25. The molecule has 0 spiro atoms. The number of aromatic nitrogens is 1. The smallest absolute Gasteiger partial charge is 0.367 e. The van der Waals surface area contributed by atoms with Gasteiger partial charge in [-0.15, -0.1) is 0 Å². The Bertz CT molecular complexity index is 1490. The van der Waals surface area contributed by atoms with Gasteiger partial charge in [-0.25, -0.2) is 0 Å². The molecule has 1 aromatic heterocycles. The first-order valence-electron chi connectivity index (χ1n) is 12.0. The summed E-state index contributed by atoms with van der Waals surface area (Å²) in [4.78, 5) is 22.0. The van der Waals surface area contributed by atoms with Crippen molar-refractivity contribution >= 4 is 39.8 Å². The average molecular weight is 540 g/mol. The Balaban J connectivity index is 1.56. The second-order valence-corrected chi connectivity index (χ2v) is 9.70. The number of anilines is 2. The Morgan fingerprint density at radius 2 is 1.87 bits per heavy atom. The number of amides is 1. The molecule has 5 rings (SSSR count). The maximum Gasteiger partial charge on any atom is 0.417 e. The second kappa shape index (κ2) is 10.2. The van der Waals surface area contributed by atoms with Crippen LogP contribution in [-0.4, -0.2) is 55.2 Å². The standard InChI is InChI=1S/C28H25ClF3N5O/c1-17-11-22(28(30,31)32)21(16-33-17)27(38)35-25-13-20(19-12-18-5-3-4-6-24(18)34-15-19)23(29)14-26(25)37-9-7-36(2)8-10-37/h3-6,11-16,33H,1,7-10H2,2H3,(H,35,38). The fraction of sp³-hybridized carbons (Fsp3) is 0.214. The number of alkyl halides is 3. The van der Waals surface area contributed by atoms with Crippen LogP contribution < -0.4 is 15.5 Å². The normalized spacial score (nSPS) is 16.7. The zero-order valence-corrected chi connectivity index (χ0v) is 21.3. The van der Waals surface area contributed by atoms with Crippen LogP contribution in [0.15, 0.2) is 84.4 Å². The molecule has 2 aliphatic rings. The van der Waals surface area contributed by atoms with Crippen LogP contribution in [0.25, 0.3) is 22.0 Å². The first-order chi connectivity index (χ1) is 18.1. The summed E-state index contributed by atoms with van der Waals surface area (Å²) in [5, 5.41) is 6.69. The molecular formula is C28H25ClF3N5O. The number of pyridine rings is 1. The van der Waals surface area contributed by atoms with Crippen LogP contribution in [-0.2, 0) is 4.79 Å². The zero-order chi connectivity index (χ0) is 27.0. The lowest BCUT2D eigenvalue weighted by Gasteiger charge is -2.35. The average Bonchev–Trinajstić information content (AvgIpc) is 2.89. The molecule has 2 aromatic carbocycles. The highest BCUT2D eigenvalue weighted by molar-refractivity contribution is 6.34. The summed E-state index contributed by atoms with van der Waals surface area (Å²) in [6, 6.07) is 13.0. The number of hydrogen-bond acceptors (Lipinski definition) is 5. The Labute approximate surface area is 223 Å². The van der Waals surface area contributed by atoms with Crippen LogP contribution in [0.1, 0.15) is 0 Å². The Kier molecular flexibility index (Phi) is 6.90. The Morgan fingerprint density at radius 3 is 2.61 bits per heavy atom. The molecule has 38 heavy (non-hydrogen) atoms. The predicted octanol–water partition coefficient (Wildman–Crippen LogP) is 5.74. The molecule has 0 saturated carbocycles. The largest absolute Gasteiger partial charge is 0.417 e. The number of dihydropyridines is 1. The lowest BCUT2D eigenvalue weighted by molar-refractivity contribution is -0.115. The van der Waals surface area contributed by atoms with Gasteiger partial charge in [-0.3, -0.25) is 9.78 Å². The van der Waals surface area contributed by atoms with Crippen molar-refractivity contribution in [2.75, 3.05) is 43.4 Å². The number of carbonyl (C=O) groups is 1. The lowest BCUT2D eigenvalue weighted by Crippen LogP contribution is -2.44. The van der Waals surface area contributed by atoms with Gasteiger partial charge in [0.25, 0.3) is 5.91 Å². The molecule has 0 atom stereocenters. The molecule has 3 aromatic rings. The van der Waals surface area contributed by atoms with Gasteiger partial charge < -0.3 is 20.4 Å². The van der Waals surface area contributed by atoms with Crippen molar-refractivity contribution in [1.29, 1.82) is 0 Å². The SMILES string of the molecule is C=C1C=C(C(F)(F)F)C(C(=O)Nc2cc(-c3cnc4ccccc4c3)c(Cl)cc2N2CCN(C)CC2)=CN1. The summed E-state index contributed by atoms with van der Waals surface area (Å²) in [6.45, 7) is 6.44. The van der Waals surface area contributed by atoms with E-state index in [4.69, 9.17) is 11.6 Å². The van der Waals surface area contributed by atoms with E-state index in [-0.39, 0.29) is 5.70 Å². The van der Waals surface area contributed by atoms with Crippen LogP contribution in [0.4, 0.5) is 24.5 Å². The molecule has 1 saturated heterocycles. The van der Waals surface area contributed by atoms with E-state index in [0.717, 1.165) is 41.8 Å². The van der Waals surface area contributed by atoms with Crippen LogP contribution in [0, 0.1) is 0 Å². The molecule has 2 aliphatic heterocycles. The zero-order valence-electron chi connectivity index (χ0n) is 20.6. The van der Waals surface area contributed by atoms with Gasteiger partial charge in [0.05, 0.1) is 33.1 Å². The third-order valence-electron chi connectivity index (χ3n) is 6.64. The van der Waals surface area contributed by atoms with Crippen LogP contribution in [0.2, 0.25) is 5.02 Å². The summed E-state index contributed by atoms with van der Waals surface area (Å²) < 4.78 is 41.2. The minimum absolute atomic E-state index is 0.0459. The number of nitrogens with one attached hydrogen (secondary N) is 2. The van der Waals surface area contributed by atoms with E-state index >= 15 is 0 Å². The van der Waals surface area contributed by atoms with E-state index < -0.39 is 23.2 Å². The summed E-state index contributed by atoms with van der Waals surface area (Å²) in [5.41, 5.74) is 1.60. The highest BCUT2D eigenvalue weighted by Gasteiger charge is 2.40. The molecule has 10 heteroatoms. The van der Waals surface area contributed by atoms with Crippen molar-refractivity contribution in [3.63, 3.8) is 0 Å². The number of allylic oxidation sites excluding steroid dienone is 1. The molecular weight excluding hydrogens is 515 g/mol. The summed E-state index contributed by atoms with van der Waals surface area (Å²) in [5.74, 6) is -0.895. The van der Waals surface area contributed by atoms with E-state index in [1.54, 1.807) is 18.3 Å². The van der Waals surface area contributed by atoms with Crippen molar-refractivity contribution < 1.29 is 18.0 Å². The van der Waals surface area contributed by atoms with E-state index in [9.17, 15) is 18.0 Å². The van der Waals surface area contributed by atoms with Gasteiger partial charge >= 0.3 is 6.18 Å². The van der Waals surface area contributed by atoms with Crippen molar-refractivity contribution in [2.45, 2.75) is 6.18 Å². The fourth-order valence-electron chi connectivity index (χ4n) is 4.56. The Morgan fingerprint density at radius 1 is 1.13 bits per heavy atom. The second-order valence-electron chi connectivity index (χ2n) is 9.29. The number of likely N-dealkylation sites (N-methyl/N-ethyl adjacent to an activating group) is 1. The van der Waals surface area contributed by atoms with E-state index in [1.807, 2.05) is 37.4 Å². The highest BCUT2D eigenvalue weighted by Crippen LogP contribution is 2.40. The number of hydrogen-bond donors (Lipinski definition) is 2. The number of rotatable bonds is 4. The van der Waals surface area contributed by atoms with Gasteiger partial charge in [-0.2, -0.15) is 13.2 Å². The molecule has 1 amide bonds. The summed E-state index contributed by atoms with van der Waals surface area (Å²) in [6.07, 6.45) is -1.19. The van der Waals surface area contributed by atoms with Gasteiger partial charge in [0.15, 0.2) is 0 Å². The molecule has 196 valence electrons. The Hall–Kier alpha value is -3.82. The lowest BCUT2D eigenvalue weighted by atomic mass is 10.0. The number of carbonyl (C=O) groups excluding carboxylic acids is 1. The monoisotopic (exact) mass is 539 g/mol. The van der Waals surface area contributed by atoms with E-state index in [1.165, 1.54) is 0 Å². The van der Waals surface area contributed by atoms with E-state index in [0.29, 0.717) is 35.1 Å². The summed E-state index contributed by atoms with van der Waals surface area (Å²) >= 11 is 6.75. The highest BCUT2D eigenvalue weighted by atomic mass is 35.5. The molecule has 2 N–H and O–H groups in total. The number of nitrogens with zero attached hydrogens (tertiary/aromatic N) is 3. The third-order valence-corrected chi connectivity index (χ3v) is 6.95. The maximum absolute atomic E-state index is 13.7. The number of benzene rings is 2. The minimum atomic E-state index is -4.73. The minimum Gasteiger partial charge on any atom is -0.367 e. The van der Waals surface area contributed by atoms with Crippen molar-refractivity contribution in [1.82, 2.24) is 15.2 Å². The number of halogens is 4. The quantitative estimate of drug-likeness (QED) is 0.443. The number of fused-ring (bicyclic) bond motifs is 1. The molecule has 1 fully saturated rings. The summed E-state index contributed by atoms with van der Waals surface area (Å²) in [7, 11) is 2.02. The van der Waals surface area contributed by atoms with Crippen LogP contribution >= 0.6 is 11.6 Å². The number of para-hydroxylation sites is 1. The molecule has 0 bridgehead atoms. The molecule has 0 aliphatic carbocycles. The van der Waals surface area contributed by atoms with E-state index in [2.05, 4.69) is 32.0 Å². The molecule has 3 heterocycles. The van der Waals surface area contributed by atoms with Crippen molar-refractivity contribution in [3.8, 4) is 11.1 Å². The maximum atomic E-state index is 13.7. The first kappa shape index (κ1) is 25.8. The molecule has 6 nitrogen and oxygen atoms in total. The first-order valence-corrected chi connectivity index (χ1v) is 12.4. The number of piperazine rings is 1. The van der Waals surface area contributed by atoms with Gasteiger partial charge in [0.2, 0.25) is 0 Å². The van der Waals surface area contributed by atoms with Gasteiger partial charge in [0, 0.05) is 60.8 Å². The van der Waals surface area contributed by atoms with Crippen molar-refractivity contribution in [2.24, 2.45) is 0 Å². The van der Waals surface area contributed by atoms with Crippen LogP contribution in [0.5, 0.6) is 0 Å². The van der Waals surface area contributed by atoms with Gasteiger partial charge in [-0.1, -0.05) is 36.4 Å². The van der Waals surface area contributed by atoms with Crippen LogP contribution in [0.3, 0.4) is 0 Å². The fourth-order valence-corrected chi connectivity index (χ4v) is 4.83. The molecule has 0 radical (unpaired) electrons. The van der Waals surface area contributed by atoms with Gasteiger partial charge in [0.1, 0.15) is 0 Å². The predicted molar refractivity (Wildman–Crippen MR) is 145 cm³/mol. The van der Waals surface area contributed by atoms with Gasteiger partial charge in [-0.05, 0) is 37.4 Å². The van der Waals surface area contributed by atoms with Crippen molar-refractivity contribution in [3.05, 3.63) is 89.4 Å². The molecule has 0 unspecified atom stereocenters.